The average molecular weight is 352 g/mol. The van der Waals surface area contributed by atoms with Crippen molar-refractivity contribution in [3.63, 3.8) is 0 Å². The summed E-state index contributed by atoms with van der Waals surface area (Å²) in [6.07, 6.45) is 1.51. The smallest absolute Gasteiger partial charge is 0.399 e. The fourth-order valence-corrected chi connectivity index (χ4v) is 3.04. The van der Waals surface area contributed by atoms with Gasteiger partial charge in [0.05, 0.1) is 31.7 Å². The van der Waals surface area contributed by atoms with Crippen LogP contribution in [0.5, 0.6) is 0 Å². The molecule has 0 atom stereocenters. The van der Waals surface area contributed by atoms with E-state index in [9.17, 15) is 4.79 Å². The van der Waals surface area contributed by atoms with E-state index in [2.05, 4.69) is 4.98 Å². The molecule has 3 heterocycles. The first-order valence-corrected chi connectivity index (χ1v) is 8.75. The van der Waals surface area contributed by atoms with Gasteiger partial charge in [-0.3, -0.25) is 9.78 Å². The lowest BCUT2D eigenvalue weighted by atomic mass is 9.79. The van der Waals surface area contributed by atoms with Crippen LogP contribution in [0.3, 0.4) is 0 Å². The standard InChI is InChI=1S/C20H23BN2O3/c1-19(2)20(3,4)26-21(25-19)15-9-7-14(8-10-15)12-23-13-17-16(18(23)24)6-5-11-22-17/h5-11H,12-13H2,1-4H3/i13D2. The molecule has 2 aliphatic heterocycles. The number of hydrogen-bond acceptors (Lipinski definition) is 4. The Morgan fingerprint density at radius 2 is 1.81 bits per heavy atom. The zero-order chi connectivity index (χ0) is 20.3. The monoisotopic (exact) mass is 352 g/mol. The minimum Gasteiger partial charge on any atom is -0.399 e. The highest BCUT2D eigenvalue weighted by Crippen LogP contribution is 2.36. The lowest BCUT2D eigenvalue weighted by Gasteiger charge is -2.32. The summed E-state index contributed by atoms with van der Waals surface area (Å²) in [5.74, 6) is -0.344. The van der Waals surface area contributed by atoms with Crippen LogP contribution in [0, 0.1) is 0 Å². The highest BCUT2D eigenvalue weighted by molar-refractivity contribution is 6.62. The maximum absolute atomic E-state index is 12.6. The van der Waals surface area contributed by atoms with Crippen molar-refractivity contribution < 1.29 is 16.8 Å². The number of rotatable bonds is 3. The fraction of sp³-hybridized carbons (Fsp3) is 0.400. The number of aromatic nitrogens is 1. The van der Waals surface area contributed by atoms with E-state index in [4.69, 9.17) is 12.1 Å². The second kappa shape index (κ2) is 5.93. The number of carbonyl (C=O) groups excluding carboxylic acids is 1. The first-order valence-electron chi connectivity index (χ1n) is 9.75. The maximum Gasteiger partial charge on any atom is 0.494 e. The molecule has 1 fully saturated rings. The zero-order valence-electron chi connectivity index (χ0n) is 17.4. The van der Waals surface area contributed by atoms with E-state index in [1.165, 1.54) is 11.1 Å². The van der Waals surface area contributed by atoms with E-state index in [0.717, 1.165) is 11.0 Å². The molecule has 4 rings (SSSR count). The van der Waals surface area contributed by atoms with Crippen molar-refractivity contribution in [3.05, 3.63) is 59.4 Å². The molecule has 0 saturated carbocycles. The Labute approximate surface area is 157 Å². The predicted molar refractivity (Wildman–Crippen MR) is 100.0 cm³/mol. The lowest BCUT2D eigenvalue weighted by molar-refractivity contribution is 0.00578. The number of carbonyl (C=O) groups is 1. The highest BCUT2D eigenvalue weighted by atomic mass is 16.7. The number of hydrogen-bond donors (Lipinski definition) is 0. The van der Waals surface area contributed by atoms with Gasteiger partial charge >= 0.3 is 7.12 Å². The Morgan fingerprint density at radius 1 is 1.15 bits per heavy atom. The van der Waals surface area contributed by atoms with Crippen molar-refractivity contribution in [2.24, 2.45) is 0 Å². The van der Waals surface area contributed by atoms with Crippen molar-refractivity contribution in [2.75, 3.05) is 0 Å². The van der Waals surface area contributed by atoms with Gasteiger partial charge in [0.1, 0.15) is 0 Å². The quantitative estimate of drug-likeness (QED) is 0.797. The molecule has 6 heteroatoms. The summed E-state index contributed by atoms with van der Waals surface area (Å²) in [5, 5.41) is 0. The molecule has 1 saturated heterocycles. The van der Waals surface area contributed by atoms with Gasteiger partial charge in [0.15, 0.2) is 0 Å². The normalized spacial score (nSPS) is 23.6. The summed E-state index contributed by atoms with van der Waals surface area (Å²) >= 11 is 0. The van der Waals surface area contributed by atoms with Crippen LogP contribution < -0.4 is 5.46 Å². The van der Waals surface area contributed by atoms with Crippen molar-refractivity contribution in [1.82, 2.24) is 9.88 Å². The molecule has 1 aromatic carbocycles. The molecule has 1 amide bonds. The third kappa shape index (κ3) is 2.83. The lowest BCUT2D eigenvalue weighted by Crippen LogP contribution is -2.41. The summed E-state index contributed by atoms with van der Waals surface area (Å²) in [5.41, 5.74) is 1.39. The molecule has 0 spiro atoms. The molecule has 2 aromatic rings. The first-order chi connectivity index (χ1) is 13.0. The Bertz CT molecular complexity index is 915. The van der Waals surface area contributed by atoms with Crippen LogP contribution >= 0.6 is 0 Å². The third-order valence-corrected chi connectivity index (χ3v) is 5.37. The molecule has 26 heavy (non-hydrogen) atoms. The second-order valence-corrected chi connectivity index (χ2v) is 7.73. The van der Waals surface area contributed by atoms with Gasteiger partial charge in [-0.05, 0) is 50.9 Å². The van der Waals surface area contributed by atoms with Gasteiger partial charge in [-0.2, -0.15) is 0 Å². The van der Waals surface area contributed by atoms with E-state index >= 15 is 0 Å². The minimum absolute atomic E-state index is 0.159. The van der Waals surface area contributed by atoms with Crippen LogP contribution in [0.4, 0.5) is 0 Å². The molecular weight excluding hydrogens is 327 g/mol. The number of nitrogens with zero attached hydrogens (tertiary/aromatic N) is 2. The summed E-state index contributed by atoms with van der Waals surface area (Å²) in [7, 11) is -0.452. The van der Waals surface area contributed by atoms with Crippen LogP contribution in [0.25, 0.3) is 0 Å². The summed E-state index contributed by atoms with van der Waals surface area (Å²) in [4.78, 5) is 17.9. The van der Waals surface area contributed by atoms with Gasteiger partial charge < -0.3 is 14.2 Å². The number of amides is 1. The van der Waals surface area contributed by atoms with Crippen LogP contribution in [-0.2, 0) is 22.4 Å². The van der Waals surface area contributed by atoms with Gasteiger partial charge in [0.25, 0.3) is 5.91 Å². The number of fused-ring (bicyclic) bond motifs is 1. The molecule has 0 unspecified atom stereocenters. The van der Waals surface area contributed by atoms with Crippen LogP contribution in [0.15, 0.2) is 42.6 Å². The Balaban J connectivity index is 1.53. The summed E-state index contributed by atoms with van der Waals surface area (Å²) in [6.45, 7) is 6.26. The van der Waals surface area contributed by atoms with Gasteiger partial charge in [0, 0.05) is 12.7 Å². The molecule has 0 aliphatic carbocycles. The molecule has 0 N–H and O–H groups in total. The van der Waals surface area contributed by atoms with Crippen LogP contribution in [0.2, 0.25) is 0 Å². The van der Waals surface area contributed by atoms with E-state index < -0.39 is 24.8 Å². The average Bonchev–Trinajstić information content (AvgIpc) is 2.97. The predicted octanol–water partition coefficient (Wildman–Crippen LogP) is 2.54. The molecular formula is C20H23BN2O3. The SMILES string of the molecule is [2H]C1([2H])c2ncccc2C(=O)N1Cc1ccc(B2OC(C)(C)C(C)(C)O2)cc1. The van der Waals surface area contributed by atoms with Gasteiger partial charge in [-0.15, -0.1) is 0 Å². The van der Waals surface area contributed by atoms with Crippen molar-refractivity contribution in [1.29, 1.82) is 0 Å². The Kier molecular flexibility index (Phi) is 3.41. The topological polar surface area (TPSA) is 51.7 Å². The van der Waals surface area contributed by atoms with Gasteiger partial charge in [-0.1, -0.05) is 24.3 Å². The molecule has 2 aliphatic rings. The van der Waals surface area contributed by atoms with Crippen LogP contribution in [0.1, 0.15) is 52.1 Å². The second-order valence-electron chi connectivity index (χ2n) is 7.73. The molecule has 0 bridgehead atoms. The van der Waals surface area contributed by atoms with E-state index in [-0.39, 0.29) is 18.1 Å². The molecule has 134 valence electrons. The summed E-state index contributed by atoms with van der Waals surface area (Å²) in [6, 6.07) is 10.8. The Morgan fingerprint density at radius 3 is 2.42 bits per heavy atom. The van der Waals surface area contributed by atoms with E-state index in [1.54, 1.807) is 12.1 Å². The third-order valence-electron chi connectivity index (χ3n) is 5.37. The molecule has 5 nitrogen and oxygen atoms in total. The van der Waals surface area contributed by atoms with Crippen molar-refractivity contribution in [2.45, 2.75) is 51.9 Å². The summed E-state index contributed by atoms with van der Waals surface area (Å²) < 4.78 is 28.8. The largest absolute Gasteiger partial charge is 0.494 e. The number of benzene rings is 1. The first kappa shape index (κ1) is 14.9. The molecule has 0 radical (unpaired) electrons. The van der Waals surface area contributed by atoms with Crippen molar-refractivity contribution in [3.8, 4) is 0 Å². The Hall–Kier alpha value is -2.18. The van der Waals surface area contributed by atoms with Gasteiger partial charge in [-0.25, -0.2) is 0 Å². The van der Waals surface area contributed by atoms with E-state index in [1.807, 2.05) is 52.0 Å². The van der Waals surface area contributed by atoms with Crippen molar-refractivity contribution >= 4 is 18.5 Å². The number of pyridine rings is 1. The zero-order valence-corrected chi connectivity index (χ0v) is 15.4. The van der Waals surface area contributed by atoms with Gasteiger partial charge in [0.2, 0.25) is 0 Å². The maximum atomic E-state index is 12.6. The highest BCUT2D eigenvalue weighted by Gasteiger charge is 2.51. The van der Waals surface area contributed by atoms with E-state index in [0.29, 0.717) is 5.56 Å². The fourth-order valence-electron chi connectivity index (χ4n) is 3.04. The van der Waals surface area contributed by atoms with Crippen LogP contribution in [-0.4, -0.2) is 34.1 Å². The minimum atomic E-state index is -1.93. The molecule has 1 aromatic heterocycles.